The van der Waals surface area contributed by atoms with E-state index in [4.69, 9.17) is 9.84 Å². The average molecular weight is 245 g/mol. The van der Waals surface area contributed by atoms with Crippen LogP contribution in [-0.4, -0.2) is 57.9 Å². The fourth-order valence-corrected chi connectivity index (χ4v) is 1.85. The molecule has 2 N–H and O–H groups in total. The quantitative estimate of drug-likeness (QED) is 0.672. The van der Waals surface area contributed by atoms with Gasteiger partial charge in [-0.1, -0.05) is 0 Å². The third kappa shape index (κ3) is 4.32. The second-order valence-electron chi connectivity index (χ2n) is 5.26. The third-order valence-electron chi connectivity index (χ3n) is 2.42. The molecule has 0 bridgehead atoms. The van der Waals surface area contributed by atoms with E-state index in [-0.39, 0.29) is 19.5 Å². The summed E-state index contributed by atoms with van der Waals surface area (Å²) in [4.78, 5) is 23.9. The standard InChI is InChI=1S/C11H19NO5/c1-11(2,3)17-9(14)6-12-5-7(13)4-8(12)10(15)16/h7-8,13H,4-6H2,1-3H3,(H,15,16). The molecule has 17 heavy (non-hydrogen) atoms. The van der Waals surface area contributed by atoms with Gasteiger partial charge in [-0.2, -0.15) is 0 Å². The van der Waals surface area contributed by atoms with Gasteiger partial charge in [0, 0.05) is 13.0 Å². The number of likely N-dealkylation sites (tertiary alicyclic amines) is 1. The lowest BCUT2D eigenvalue weighted by molar-refractivity contribution is -0.157. The van der Waals surface area contributed by atoms with E-state index in [1.807, 2.05) is 0 Å². The lowest BCUT2D eigenvalue weighted by atomic mass is 10.2. The van der Waals surface area contributed by atoms with Crippen LogP contribution < -0.4 is 0 Å². The van der Waals surface area contributed by atoms with Crippen LogP contribution in [0.4, 0.5) is 0 Å². The summed E-state index contributed by atoms with van der Waals surface area (Å²) < 4.78 is 5.11. The summed E-state index contributed by atoms with van der Waals surface area (Å²) in [5.41, 5.74) is -0.589. The maximum Gasteiger partial charge on any atom is 0.321 e. The molecule has 1 aliphatic rings. The molecule has 0 aromatic heterocycles. The molecule has 0 aromatic carbocycles. The molecular weight excluding hydrogens is 226 g/mol. The number of rotatable bonds is 3. The summed E-state index contributed by atoms with van der Waals surface area (Å²) >= 11 is 0. The van der Waals surface area contributed by atoms with Gasteiger partial charge in [-0.3, -0.25) is 14.5 Å². The molecule has 0 aromatic rings. The fraction of sp³-hybridized carbons (Fsp3) is 0.818. The number of carboxylic acid groups (broad SMARTS) is 1. The van der Waals surface area contributed by atoms with E-state index in [1.165, 1.54) is 4.90 Å². The smallest absolute Gasteiger partial charge is 0.321 e. The van der Waals surface area contributed by atoms with E-state index in [2.05, 4.69) is 0 Å². The molecule has 2 atom stereocenters. The molecule has 0 saturated carbocycles. The summed E-state index contributed by atoms with van der Waals surface area (Å²) in [6, 6.07) is -0.808. The van der Waals surface area contributed by atoms with Gasteiger partial charge in [-0.25, -0.2) is 0 Å². The first-order valence-corrected chi connectivity index (χ1v) is 5.56. The predicted octanol–water partition coefficient (Wildman–Crippen LogP) is -0.152. The minimum absolute atomic E-state index is 0.106. The molecule has 6 heteroatoms. The van der Waals surface area contributed by atoms with Crippen LogP contribution in [0, 0.1) is 0 Å². The molecule has 1 fully saturated rings. The molecule has 0 spiro atoms. The van der Waals surface area contributed by atoms with Crippen molar-refractivity contribution in [3.8, 4) is 0 Å². The van der Waals surface area contributed by atoms with Crippen molar-refractivity contribution in [2.24, 2.45) is 0 Å². The number of carbonyl (C=O) groups excluding carboxylic acids is 1. The predicted molar refractivity (Wildman–Crippen MR) is 59.5 cm³/mol. The van der Waals surface area contributed by atoms with Gasteiger partial charge in [0.2, 0.25) is 0 Å². The molecule has 0 amide bonds. The summed E-state index contributed by atoms with van der Waals surface area (Å²) in [6.45, 7) is 5.33. The molecule has 98 valence electrons. The number of aliphatic hydroxyl groups excluding tert-OH is 1. The van der Waals surface area contributed by atoms with Crippen LogP contribution in [0.2, 0.25) is 0 Å². The van der Waals surface area contributed by atoms with E-state index >= 15 is 0 Å². The number of carbonyl (C=O) groups is 2. The average Bonchev–Trinajstić information content (AvgIpc) is 2.42. The van der Waals surface area contributed by atoms with Crippen LogP contribution in [0.3, 0.4) is 0 Å². The van der Waals surface area contributed by atoms with E-state index in [0.29, 0.717) is 0 Å². The van der Waals surface area contributed by atoms with Crippen molar-refractivity contribution in [2.75, 3.05) is 13.1 Å². The molecule has 2 unspecified atom stereocenters. The Balaban J connectivity index is 2.55. The first-order chi connectivity index (χ1) is 7.69. The number of hydrogen-bond acceptors (Lipinski definition) is 5. The maximum atomic E-state index is 11.6. The largest absolute Gasteiger partial charge is 0.480 e. The summed E-state index contributed by atoms with van der Waals surface area (Å²) in [5.74, 6) is -1.50. The van der Waals surface area contributed by atoms with Gasteiger partial charge in [0.1, 0.15) is 11.6 Å². The molecule has 1 heterocycles. The minimum atomic E-state index is -1.02. The van der Waals surface area contributed by atoms with E-state index in [9.17, 15) is 14.7 Å². The highest BCUT2D eigenvalue weighted by Gasteiger charge is 2.37. The SMILES string of the molecule is CC(C)(C)OC(=O)CN1CC(O)CC1C(=O)O. The van der Waals surface area contributed by atoms with Crippen molar-refractivity contribution in [2.45, 2.75) is 44.9 Å². The Morgan fingerprint density at radius 3 is 2.47 bits per heavy atom. The van der Waals surface area contributed by atoms with Gasteiger partial charge in [0.15, 0.2) is 0 Å². The van der Waals surface area contributed by atoms with E-state index in [0.717, 1.165) is 0 Å². The molecule has 1 saturated heterocycles. The summed E-state index contributed by atoms with van der Waals surface area (Å²) in [5, 5.41) is 18.3. The van der Waals surface area contributed by atoms with Crippen LogP contribution in [0.25, 0.3) is 0 Å². The zero-order valence-corrected chi connectivity index (χ0v) is 10.3. The normalized spacial score (nSPS) is 25.9. The van der Waals surface area contributed by atoms with Gasteiger partial charge in [-0.05, 0) is 20.8 Å². The van der Waals surface area contributed by atoms with Crippen molar-refractivity contribution >= 4 is 11.9 Å². The number of carboxylic acids is 1. The Labute approximate surface area is 100 Å². The Hall–Kier alpha value is -1.14. The monoisotopic (exact) mass is 245 g/mol. The number of ether oxygens (including phenoxy) is 1. The molecule has 0 aliphatic carbocycles. The van der Waals surface area contributed by atoms with Crippen molar-refractivity contribution in [1.82, 2.24) is 4.90 Å². The highest BCUT2D eigenvalue weighted by Crippen LogP contribution is 2.18. The second-order valence-corrected chi connectivity index (χ2v) is 5.26. The second kappa shape index (κ2) is 5.01. The van der Waals surface area contributed by atoms with Gasteiger partial charge < -0.3 is 14.9 Å². The number of esters is 1. The van der Waals surface area contributed by atoms with Crippen molar-refractivity contribution < 1.29 is 24.5 Å². The molecule has 6 nitrogen and oxygen atoms in total. The topological polar surface area (TPSA) is 87.1 Å². The first-order valence-electron chi connectivity index (χ1n) is 5.56. The number of nitrogens with zero attached hydrogens (tertiary/aromatic N) is 1. The Morgan fingerprint density at radius 1 is 1.41 bits per heavy atom. The number of hydrogen-bond donors (Lipinski definition) is 2. The fourth-order valence-electron chi connectivity index (χ4n) is 1.85. The lowest BCUT2D eigenvalue weighted by Crippen LogP contribution is -2.41. The van der Waals surface area contributed by atoms with Gasteiger partial charge in [0.25, 0.3) is 0 Å². The minimum Gasteiger partial charge on any atom is -0.480 e. The zero-order chi connectivity index (χ0) is 13.2. The summed E-state index contributed by atoms with van der Waals surface area (Å²) in [7, 11) is 0. The van der Waals surface area contributed by atoms with Crippen LogP contribution >= 0.6 is 0 Å². The van der Waals surface area contributed by atoms with Crippen LogP contribution in [0.1, 0.15) is 27.2 Å². The zero-order valence-electron chi connectivity index (χ0n) is 10.3. The Kier molecular flexibility index (Phi) is 4.11. The van der Waals surface area contributed by atoms with Gasteiger partial charge in [0.05, 0.1) is 12.6 Å². The Morgan fingerprint density at radius 2 is 2.00 bits per heavy atom. The number of β-amino-alcohol motifs (C(OH)–C–C–N with tert-alkyl or cyclic N) is 1. The first kappa shape index (κ1) is 13.9. The van der Waals surface area contributed by atoms with E-state index in [1.54, 1.807) is 20.8 Å². The third-order valence-corrected chi connectivity index (χ3v) is 2.42. The molecule has 1 aliphatic heterocycles. The van der Waals surface area contributed by atoms with Gasteiger partial charge >= 0.3 is 11.9 Å². The summed E-state index contributed by atoms with van der Waals surface area (Å²) in [6.07, 6.45) is -0.545. The van der Waals surface area contributed by atoms with Crippen molar-refractivity contribution in [3.05, 3.63) is 0 Å². The lowest BCUT2D eigenvalue weighted by Gasteiger charge is -2.24. The highest BCUT2D eigenvalue weighted by molar-refractivity contribution is 5.77. The van der Waals surface area contributed by atoms with E-state index < -0.39 is 29.7 Å². The number of aliphatic hydroxyl groups is 1. The maximum absolute atomic E-state index is 11.6. The van der Waals surface area contributed by atoms with Gasteiger partial charge in [-0.15, -0.1) is 0 Å². The molecule has 0 radical (unpaired) electrons. The van der Waals surface area contributed by atoms with Crippen LogP contribution in [0.5, 0.6) is 0 Å². The molecule has 1 rings (SSSR count). The van der Waals surface area contributed by atoms with Crippen LogP contribution in [0.15, 0.2) is 0 Å². The van der Waals surface area contributed by atoms with Crippen molar-refractivity contribution in [1.29, 1.82) is 0 Å². The Bertz CT molecular complexity index is 309. The molecular formula is C11H19NO5. The highest BCUT2D eigenvalue weighted by atomic mass is 16.6. The number of aliphatic carboxylic acids is 1. The van der Waals surface area contributed by atoms with Crippen LogP contribution in [-0.2, 0) is 14.3 Å². The van der Waals surface area contributed by atoms with Crippen molar-refractivity contribution in [3.63, 3.8) is 0 Å².